The number of hydrogen-bond donors (Lipinski definition) is 3. The highest BCUT2D eigenvalue weighted by molar-refractivity contribution is 6.29. The number of carbonyl (C=O) groups is 1. The molecular weight excluding hydrogens is 436 g/mol. The smallest absolute Gasteiger partial charge is 0.255 e. The van der Waals surface area contributed by atoms with Gasteiger partial charge in [0.2, 0.25) is 0 Å². The van der Waals surface area contributed by atoms with Crippen LogP contribution in [0.25, 0.3) is 10.9 Å². The van der Waals surface area contributed by atoms with E-state index in [9.17, 15) is 4.79 Å². The second kappa shape index (κ2) is 8.88. The Morgan fingerprint density at radius 2 is 1.97 bits per heavy atom. The lowest BCUT2D eigenvalue weighted by Crippen LogP contribution is -2.37. The molecule has 3 N–H and O–H groups in total. The maximum Gasteiger partial charge on any atom is 0.255 e. The van der Waals surface area contributed by atoms with E-state index in [2.05, 4.69) is 25.8 Å². The zero-order valence-corrected chi connectivity index (χ0v) is 18.6. The molecule has 164 valence electrons. The molecule has 0 radical (unpaired) electrons. The Morgan fingerprint density at radius 3 is 2.79 bits per heavy atom. The molecule has 1 atom stereocenters. The monoisotopic (exact) mass is 456 g/mol. The number of aliphatic imine (C=N–C) groups is 1. The molecule has 2 aromatic heterocycles. The van der Waals surface area contributed by atoms with Crippen molar-refractivity contribution < 1.29 is 4.79 Å². The Morgan fingerprint density at radius 1 is 1.12 bits per heavy atom. The molecule has 8 heteroatoms. The SMILES string of the molecule is CC1=C(C(=O)Nc2ccc3[nH]ncc3c2)C(Cc2ccccc2)N=C(c2ccnc(Cl)c2)N1. The Labute approximate surface area is 195 Å². The lowest BCUT2D eigenvalue weighted by molar-refractivity contribution is -0.113. The zero-order chi connectivity index (χ0) is 22.8. The highest BCUT2D eigenvalue weighted by atomic mass is 35.5. The van der Waals surface area contributed by atoms with Gasteiger partial charge >= 0.3 is 0 Å². The molecule has 5 rings (SSSR count). The summed E-state index contributed by atoms with van der Waals surface area (Å²) in [7, 11) is 0. The number of allylic oxidation sites excluding steroid dienone is 1. The van der Waals surface area contributed by atoms with Gasteiger partial charge < -0.3 is 10.6 Å². The fourth-order valence-electron chi connectivity index (χ4n) is 3.97. The minimum Gasteiger partial charge on any atom is -0.343 e. The fourth-order valence-corrected chi connectivity index (χ4v) is 4.14. The first-order chi connectivity index (χ1) is 16.1. The van der Waals surface area contributed by atoms with Gasteiger partial charge in [-0.15, -0.1) is 0 Å². The van der Waals surface area contributed by atoms with E-state index < -0.39 is 0 Å². The average molecular weight is 457 g/mol. The van der Waals surface area contributed by atoms with Crippen molar-refractivity contribution >= 4 is 39.9 Å². The first-order valence-electron chi connectivity index (χ1n) is 10.5. The normalized spacial score (nSPS) is 15.8. The topological polar surface area (TPSA) is 95.1 Å². The molecule has 3 heterocycles. The van der Waals surface area contributed by atoms with Crippen LogP contribution in [0, 0.1) is 0 Å². The fraction of sp³-hybridized carbons (Fsp3) is 0.120. The van der Waals surface area contributed by atoms with Crippen molar-refractivity contribution in [1.82, 2.24) is 20.5 Å². The number of amides is 1. The van der Waals surface area contributed by atoms with Crippen LogP contribution in [0.15, 0.2) is 89.3 Å². The summed E-state index contributed by atoms with van der Waals surface area (Å²) in [5.41, 5.74) is 4.86. The summed E-state index contributed by atoms with van der Waals surface area (Å²) in [6, 6.07) is 18.9. The third-order valence-electron chi connectivity index (χ3n) is 5.54. The summed E-state index contributed by atoms with van der Waals surface area (Å²) in [6.07, 6.45) is 3.96. The maximum absolute atomic E-state index is 13.4. The van der Waals surface area contributed by atoms with E-state index in [1.54, 1.807) is 18.5 Å². The molecule has 33 heavy (non-hydrogen) atoms. The van der Waals surface area contributed by atoms with Gasteiger partial charge in [-0.1, -0.05) is 41.9 Å². The number of hydrogen-bond acceptors (Lipinski definition) is 5. The number of fused-ring (bicyclic) bond motifs is 1. The van der Waals surface area contributed by atoms with Crippen molar-refractivity contribution in [2.75, 3.05) is 5.32 Å². The van der Waals surface area contributed by atoms with E-state index in [0.29, 0.717) is 28.7 Å². The standard InChI is InChI=1S/C25H21ClN6O/c1-15-23(25(33)30-19-7-8-20-18(12-19)14-28-32-20)21(11-16-5-3-2-4-6-16)31-24(29-15)17-9-10-27-22(26)13-17/h2-10,12-14,21H,11H2,1H3,(H,28,32)(H,29,31)(H,30,33). The van der Waals surface area contributed by atoms with E-state index in [1.807, 2.05) is 61.5 Å². The molecule has 4 aromatic rings. The van der Waals surface area contributed by atoms with Crippen molar-refractivity contribution in [3.8, 4) is 0 Å². The van der Waals surface area contributed by atoms with Crippen molar-refractivity contribution in [3.63, 3.8) is 0 Å². The Kier molecular flexibility index (Phi) is 5.62. The second-order valence-electron chi connectivity index (χ2n) is 7.84. The molecule has 0 fully saturated rings. The van der Waals surface area contributed by atoms with Crippen LogP contribution in [-0.4, -0.2) is 33.0 Å². The van der Waals surface area contributed by atoms with Gasteiger partial charge in [0, 0.05) is 28.5 Å². The number of aromatic nitrogens is 3. The molecule has 1 amide bonds. The highest BCUT2D eigenvalue weighted by Crippen LogP contribution is 2.25. The first-order valence-corrected chi connectivity index (χ1v) is 10.9. The number of amidine groups is 1. The number of nitrogens with zero attached hydrogens (tertiary/aromatic N) is 3. The number of rotatable bonds is 5. The molecule has 7 nitrogen and oxygen atoms in total. The van der Waals surface area contributed by atoms with Gasteiger partial charge in [0.05, 0.1) is 23.3 Å². The van der Waals surface area contributed by atoms with Crippen LogP contribution in [0.3, 0.4) is 0 Å². The third kappa shape index (κ3) is 4.49. The molecule has 0 bridgehead atoms. The number of benzene rings is 2. The van der Waals surface area contributed by atoms with Crippen molar-refractivity contribution in [2.24, 2.45) is 4.99 Å². The van der Waals surface area contributed by atoms with E-state index in [-0.39, 0.29) is 11.9 Å². The van der Waals surface area contributed by atoms with Gasteiger partial charge in [-0.25, -0.2) is 4.98 Å². The van der Waals surface area contributed by atoms with Gasteiger partial charge in [0.1, 0.15) is 11.0 Å². The summed E-state index contributed by atoms with van der Waals surface area (Å²) < 4.78 is 0. The Hall–Kier alpha value is -3.97. The van der Waals surface area contributed by atoms with Crippen molar-refractivity contribution in [1.29, 1.82) is 0 Å². The van der Waals surface area contributed by atoms with Gasteiger partial charge in [0.15, 0.2) is 0 Å². The molecule has 0 spiro atoms. The number of halogens is 1. The van der Waals surface area contributed by atoms with Crippen LogP contribution in [0.4, 0.5) is 5.69 Å². The third-order valence-corrected chi connectivity index (χ3v) is 5.75. The van der Waals surface area contributed by atoms with Gasteiger partial charge in [-0.05, 0) is 49.2 Å². The van der Waals surface area contributed by atoms with Gasteiger partial charge in [-0.2, -0.15) is 5.10 Å². The van der Waals surface area contributed by atoms with Gasteiger partial charge in [-0.3, -0.25) is 14.9 Å². The summed E-state index contributed by atoms with van der Waals surface area (Å²) in [5.74, 6) is 0.466. The lowest BCUT2D eigenvalue weighted by atomic mass is 9.95. The second-order valence-corrected chi connectivity index (χ2v) is 8.23. The van der Waals surface area contributed by atoms with Crippen molar-refractivity contribution in [2.45, 2.75) is 19.4 Å². The molecule has 1 aliphatic rings. The summed E-state index contributed by atoms with van der Waals surface area (Å²) in [5, 5.41) is 14.6. The minimum atomic E-state index is -0.367. The summed E-state index contributed by atoms with van der Waals surface area (Å²) >= 11 is 6.09. The number of nitrogens with one attached hydrogen (secondary N) is 3. The molecule has 2 aromatic carbocycles. The molecule has 1 aliphatic heterocycles. The van der Waals surface area contributed by atoms with Crippen LogP contribution in [0.2, 0.25) is 5.15 Å². The van der Waals surface area contributed by atoms with E-state index in [1.165, 1.54) is 0 Å². The summed E-state index contributed by atoms with van der Waals surface area (Å²) in [4.78, 5) is 22.4. The predicted octanol–water partition coefficient (Wildman–Crippen LogP) is 4.49. The predicted molar refractivity (Wildman–Crippen MR) is 130 cm³/mol. The first kappa shape index (κ1) is 20.9. The Balaban J connectivity index is 1.48. The quantitative estimate of drug-likeness (QED) is 0.386. The maximum atomic E-state index is 13.4. The zero-order valence-electron chi connectivity index (χ0n) is 17.8. The van der Waals surface area contributed by atoms with Crippen molar-refractivity contribution in [3.05, 3.63) is 101 Å². The van der Waals surface area contributed by atoms with E-state index in [4.69, 9.17) is 16.6 Å². The number of pyridine rings is 1. The van der Waals surface area contributed by atoms with Crippen LogP contribution >= 0.6 is 11.6 Å². The lowest BCUT2D eigenvalue weighted by Gasteiger charge is -2.27. The van der Waals surface area contributed by atoms with Crippen LogP contribution < -0.4 is 10.6 Å². The van der Waals surface area contributed by atoms with Crippen LogP contribution in [0.1, 0.15) is 18.1 Å². The molecule has 0 aliphatic carbocycles. The van der Waals surface area contributed by atoms with Gasteiger partial charge in [0.25, 0.3) is 5.91 Å². The molecule has 1 unspecified atom stereocenters. The Bertz CT molecular complexity index is 1390. The molecular formula is C25H21ClN6O. The molecule has 0 saturated heterocycles. The largest absolute Gasteiger partial charge is 0.343 e. The minimum absolute atomic E-state index is 0.195. The highest BCUT2D eigenvalue weighted by Gasteiger charge is 2.29. The van der Waals surface area contributed by atoms with E-state index >= 15 is 0 Å². The summed E-state index contributed by atoms with van der Waals surface area (Å²) in [6.45, 7) is 1.89. The van der Waals surface area contributed by atoms with Crippen LogP contribution in [-0.2, 0) is 11.2 Å². The number of aromatic amines is 1. The van der Waals surface area contributed by atoms with Crippen LogP contribution in [0.5, 0.6) is 0 Å². The molecule has 0 saturated carbocycles. The average Bonchev–Trinajstić information content (AvgIpc) is 3.27. The number of H-pyrrole nitrogens is 1. The number of anilines is 1. The number of carbonyl (C=O) groups excluding carboxylic acids is 1. The van der Waals surface area contributed by atoms with E-state index in [0.717, 1.165) is 27.7 Å².